The molecule has 2 rings (SSSR count). The minimum Gasteiger partial charge on any atom is -0.357 e. The van der Waals surface area contributed by atoms with Crippen molar-refractivity contribution in [2.45, 2.75) is 45.3 Å². The summed E-state index contributed by atoms with van der Waals surface area (Å²) in [6.07, 6.45) is -0.971. The van der Waals surface area contributed by atoms with E-state index in [1.165, 1.54) is 11.8 Å². The molecule has 2 heterocycles. The number of nitrogens with zero attached hydrogens (tertiary/aromatic N) is 4. The van der Waals surface area contributed by atoms with Gasteiger partial charge >= 0.3 is 6.18 Å². The number of amides is 1. The number of nitrogens with one attached hydrogen (secondary N) is 1. The van der Waals surface area contributed by atoms with Gasteiger partial charge in [0, 0.05) is 45.8 Å². The van der Waals surface area contributed by atoms with Gasteiger partial charge in [-0.05, 0) is 33.1 Å². The monoisotopic (exact) mass is 505 g/mol. The van der Waals surface area contributed by atoms with Crippen molar-refractivity contribution in [3.63, 3.8) is 0 Å². The summed E-state index contributed by atoms with van der Waals surface area (Å²) in [4.78, 5) is 21.9. The van der Waals surface area contributed by atoms with E-state index >= 15 is 0 Å². The van der Waals surface area contributed by atoms with E-state index in [2.05, 4.69) is 10.3 Å². The highest BCUT2D eigenvalue weighted by atomic mass is 127. The highest BCUT2D eigenvalue weighted by Gasteiger charge is 2.41. The topological polar surface area (TPSA) is 51.2 Å². The first kappa shape index (κ1) is 24.3. The Hall–Kier alpha value is -0.780. The number of hydrogen-bond acceptors (Lipinski definition) is 3. The first-order valence-electron chi connectivity index (χ1n) is 9.44. The van der Waals surface area contributed by atoms with Gasteiger partial charge < -0.3 is 15.1 Å². The SMILES string of the molecule is CCNC(=NCC(=O)N1CCCCC1)N1CCN(C(C)C(F)(F)F)CC1.I. The molecule has 0 bridgehead atoms. The maximum atomic E-state index is 12.9. The van der Waals surface area contributed by atoms with Crippen LogP contribution in [0.5, 0.6) is 0 Å². The van der Waals surface area contributed by atoms with Gasteiger partial charge in [0.2, 0.25) is 5.91 Å². The second-order valence-electron chi connectivity index (χ2n) is 6.85. The summed E-state index contributed by atoms with van der Waals surface area (Å²) in [5.41, 5.74) is 0. The van der Waals surface area contributed by atoms with Gasteiger partial charge in [-0.3, -0.25) is 9.69 Å². The van der Waals surface area contributed by atoms with Crippen LogP contribution in [0.4, 0.5) is 13.2 Å². The van der Waals surface area contributed by atoms with E-state index < -0.39 is 12.2 Å². The van der Waals surface area contributed by atoms with Gasteiger partial charge in [0.1, 0.15) is 12.6 Å². The molecule has 0 aliphatic carbocycles. The van der Waals surface area contributed by atoms with E-state index in [-0.39, 0.29) is 36.4 Å². The lowest BCUT2D eigenvalue weighted by Crippen LogP contribution is -2.56. The molecule has 2 aliphatic rings. The zero-order valence-corrected chi connectivity index (χ0v) is 18.4. The minimum absolute atomic E-state index is 0. The van der Waals surface area contributed by atoms with Gasteiger partial charge in [-0.1, -0.05) is 0 Å². The van der Waals surface area contributed by atoms with Gasteiger partial charge in [-0.25, -0.2) is 4.99 Å². The molecule has 0 radical (unpaired) electrons. The van der Waals surface area contributed by atoms with Crippen molar-refractivity contribution in [2.75, 3.05) is 52.4 Å². The van der Waals surface area contributed by atoms with Crippen LogP contribution in [0, 0.1) is 0 Å². The summed E-state index contributed by atoms with van der Waals surface area (Å²) in [5, 5.41) is 3.15. The zero-order chi connectivity index (χ0) is 19.2. The lowest BCUT2D eigenvalue weighted by molar-refractivity contribution is -0.181. The molecule has 10 heteroatoms. The number of piperidine rings is 1. The first-order valence-corrected chi connectivity index (χ1v) is 9.44. The molecule has 0 aromatic rings. The number of hydrogen-bond donors (Lipinski definition) is 1. The molecule has 2 saturated heterocycles. The van der Waals surface area contributed by atoms with Gasteiger partial charge in [0.05, 0.1) is 0 Å². The van der Waals surface area contributed by atoms with E-state index in [1.807, 2.05) is 16.7 Å². The Morgan fingerprint density at radius 1 is 1.04 bits per heavy atom. The fourth-order valence-corrected chi connectivity index (χ4v) is 3.34. The summed E-state index contributed by atoms with van der Waals surface area (Å²) < 4.78 is 38.6. The molecule has 1 N–H and O–H groups in total. The fraction of sp³-hybridized carbons (Fsp3) is 0.882. The normalized spacial score (nSPS) is 20.9. The average molecular weight is 505 g/mol. The zero-order valence-electron chi connectivity index (χ0n) is 16.1. The Labute approximate surface area is 176 Å². The van der Waals surface area contributed by atoms with E-state index in [4.69, 9.17) is 0 Å². The highest BCUT2D eigenvalue weighted by Crippen LogP contribution is 2.25. The third-order valence-corrected chi connectivity index (χ3v) is 5.04. The molecule has 0 aromatic heterocycles. The van der Waals surface area contributed by atoms with Gasteiger partial charge in [-0.2, -0.15) is 13.2 Å². The van der Waals surface area contributed by atoms with Crippen molar-refractivity contribution >= 4 is 35.8 Å². The van der Waals surface area contributed by atoms with Crippen LogP contribution in [0.2, 0.25) is 0 Å². The van der Waals surface area contributed by atoms with E-state index in [0.29, 0.717) is 38.7 Å². The Balaban J connectivity index is 0.00000364. The third-order valence-electron chi connectivity index (χ3n) is 5.04. The van der Waals surface area contributed by atoms with Crippen molar-refractivity contribution in [2.24, 2.45) is 4.99 Å². The van der Waals surface area contributed by atoms with Crippen molar-refractivity contribution in [3.05, 3.63) is 0 Å². The molecule has 158 valence electrons. The Morgan fingerprint density at radius 2 is 1.63 bits per heavy atom. The molecule has 27 heavy (non-hydrogen) atoms. The quantitative estimate of drug-likeness (QED) is 0.362. The van der Waals surface area contributed by atoms with Gasteiger partial charge in [0.15, 0.2) is 5.96 Å². The maximum Gasteiger partial charge on any atom is 0.403 e. The van der Waals surface area contributed by atoms with Crippen LogP contribution in [-0.4, -0.2) is 91.1 Å². The second kappa shape index (κ2) is 11.3. The Kier molecular flexibility index (Phi) is 10.1. The second-order valence-corrected chi connectivity index (χ2v) is 6.85. The van der Waals surface area contributed by atoms with E-state index in [0.717, 1.165) is 32.4 Å². The smallest absolute Gasteiger partial charge is 0.357 e. The third kappa shape index (κ3) is 7.28. The molecular weight excluding hydrogens is 474 g/mol. The number of guanidine groups is 1. The van der Waals surface area contributed by atoms with Gasteiger partial charge in [0.25, 0.3) is 0 Å². The molecule has 0 spiro atoms. The predicted molar refractivity (Wildman–Crippen MR) is 110 cm³/mol. The van der Waals surface area contributed by atoms with Crippen LogP contribution in [0.25, 0.3) is 0 Å². The van der Waals surface area contributed by atoms with Gasteiger partial charge in [-0.15, -0.1) is 24.0 Å². The molecule has 0 saturated carbocycles. The summed E-state index contributed by atoms with van der Waals surface area (Å²) in [6.45, 7) is 7.02. The molecule has 2 fully saturated rings. The molecule has 1 unspecified atom stereocenters. The Bertz CT molecular complexity index is 489. The number of piperazine rings is 1. The Morgan fingerprint density at radius 3 is 2.15 bits per heavy atom. The maximum absolute atomic E-state index is 12.9. The van der Waals surface area contributed by atoms with Crippen molar-refractivity contribution in [1.82, 2.24) is 20.0 Å². The van der Waals surface area contributed by atoms with Crippen molar-refractivity contribution < 1.29 is 18.0 Å². The van der Waals surface area contributed by atoms with Crippen molar-refractivity contribution in [1.29, 1.82) is 0 Å². The summed E-state index contributed by atoms with van der Waals surface area (Å²) in [5.74, 6) is 0.626. The molecule has 2 aliphatic heterocycles. The number of carbonyl (C=O) groups excluding carboxylic acids is 1. The minimum atomic E-state index is -4.21. The van der Waals surface area contributed by atoms with Crippen LogP contribution in [0.15, 0.2) is 4.99 Å². The number of halogens is 4. The van der Waals surface area contributed by atoms with Crippen LogP contribution in [0.3, 0.4) is 0 Å². The summed E-state index contributed by atoms with van der Waals surface area (Å²) in [7, 11) is 0. The van der Waals surface area contributed by atoms with Crippen LogP contribution < -0.4 is 5.32 Å². The number of rotatable bonds is 4. The van der Waals surface area contributed by atoms with Crippen LogP contribution in [0.1, 0.15) is 33.1 Å². The number of alkyl halides is 3. The first-order chi connectivity index (χ1) is 12.3. The molecule has 0 aromatic carbocycles. The lowest BCUT2D eigenvalue weighted by atomic mass is 10.1. The molecule has 1 amide bonds. The van der Waals surface area contributed by atoms with E-state index in [1.54, 1.807) is 0 Å². The molecule has 6 nitrogen and oxygen atoms in total. The van der Waals surface area contributed by atoms with Crippen LogP contribution in [-0.2, 0) is 4.79 Å². The van der Waals surface area contributed by atoms with E-state index in [9.17, 15) is 18.0 Å². The van der Waals surface area contributed by atoms with Crippen LogP contribution >= 0.6 is 24.0 Å². The fourth-order valence-electron chi connectivity index (χ4n) is 3.34. The number of aliphatic imine (C=N–C) groups is 1. The largest absolute Gasteiger partial charge is 0.403 e. The lowest BCUT2D eigenvalue weighted by Gasteiger charge is -2.39. The summed E-state index contributed by atoms with van der Waals surface area (Å²) >= 11 is 0. The molecule has 1 atom stereocenters. The average Bonchev–Trinajstić information content (AvgIpc) is 2.64. The number of likely N-dealkylation sites (tertiary alicyclic amines) is 1. The van der Waals surface area contributed by atoms with Crippen molar-refractivity contribution in [3.8, 4) is 0 Å². The summed E-state index contributed by atoms with van der Waals surface area (Å²) in [6, 6.07) is -1.44. The predicted octanol–water partition coefficient (Wildman–Crippen LogP) is 2.15. The highest BCUT2D eigenvalue weighted by molar-refractivity contribution is 14.0. The molecular formula is C17H31F3IN5O. The number of carbonyl (C=O) groups is 1. The standard InChI is InChI=1S/C17H30F3N5O.HI/c1-3-21-16(22-13-15(26)24-7-5-4-6-8-24)25-11-9-23(10-12-25)14(2)17(18,19)20;/h14H,3-13H2,1-2H3,(H,21,22);1H.